The third kappa shape index (κ3) is 8.06. The van der Waals surface area contributed by atoms with Gasteiger partial charge in [-0.25, -0.2) is 14.3 Å². The van der Waals surface area contributed by atoms with Crippen LogP contribution in [-0.4, -0.2) is 56.0 Å². The summed E-state index contributed by atoms with van der Waals surface area (Å²) in [4.78, 5) is 45.5. The summed E-state index contributed by atoms with van der Waals surface area (Å²) in [5.74, 6) is 1.04. The van der Waals surface area contributed by atoms with E-state index < -0.39 is 5.76 Å². The average Bonchev–Trinajstić information content (AvgIpc) is 3.60. The molecule has 1 N–H and O–H groups in total. The number of hydrogen-bond acceptors (Lipinski definition) is 6. The fraction of sp³-hybridized carbons (Fsp3) is 0.583. The minimum atomic E-state index is -0.392. The molecule has 1 saturated carbocycles. The molecule has 5 rings (SSSR count). The van der Waals surface area contributed by atoms with E-state index >= 15 is 0 Å². The second-order valence-corrected chi connectivity index (χ2v) is 13.1. The van der Waals surface area contributed by atoms with Crippen LogP contribution in [0.2, 0.25) is 0 Å². The van der Waals surface area contributed by atoms with Crippen LogP contribution in [0.3, 0.4) is 0 Å². The number of carbonyl (C=O) groups is 2. The van der Waals surface area contributed by atoms with E-state index in [0.717, 1.165) is 24.1 Å². The zero-order chi connectivity index (χ0) is 33.4. The van der Waals surface area contributed by atoms with Gasteiger partial charge >= 0.3 is 5.76 Å². The number of rotatable bonds is 10. The second kappa shape index (κ2) is 15.6. The van der Waals surface area contributed by atoms with Crippen molar-refractivity contribution in [3.05, 3.63) is 69.4 Å². The van der Waals surface area contributed by atoms with Gasteiger partial charge in [-0.15, -0.1) is 0 Å². The first kappa shape index (κ1) is 34.9. The minimum Gasteiger partial charge on any atom is -0.408 e. The van der Waals surface area contributed by atoms with Crippen LogP contribution in [-0.2, 0) is 13.5 Å². The fourth-order valence-electron chi connectivity index (χ4n) is 7.46. The number of fused-ring (bicyclic) bond motifs is 2. The summed E-state index contributed by atoms with van der Waals surface area (Å²) in [6, 6.07) is 3.26. The van der Waals surface area contributed by atoms with Gasteiger partial charge in [0.15, 0.2) is 11.4 Å². The molecule has 0 bridgehead atoms. The first-order valence-electron chi connectivity index (χ1n) is 17.0. The molecule has 2 aliphatic carbocycles. The van der Waals surface area contributed by atoms with Crippen molar-refractivity contribution in [2.45, 2.75) is 92.4 Å². The van der Waals surface area contributed by atoms with Gasteiger partial charge < -0.3 is 14.6 Å². The van der Waals surface area contributed by atoms with Gasteiger partial charge in [0.05, 0.1) is 11.9 Å². The lowest BCUT2D eigenvalue weighted by Crippen LogP contribution is -2.42. The second-order valence-electron chi connectivity index (χ2n) is 13.1. The van der Waals surface area contributed by atoms with Crippen molar-refractivity contribution < 1.29 is 14.0 Å². The highest BCUT2D eigenvalue weighted by Crippen LogP contribution is 2.45. The number of amides is 2. The zero-order valence-electron chi connectivity index (χ0n) is 28.8. The van der Waals surface area contributed by atoms with Gasteiger partial charge in [-0.1, -0.05) is 78.0 Å². The molecule has 0 saturated heterocycles. The Morgan fingerprint density at radius 1 is 1.13 bits per heavy atom. The first-order chi connectivity index (χ1) is 22.1. The Morgan fingerprint density at radius 3 is 2.50 bits per heavy atom. The van der Waals surface area contributed by atoms with E-state index in [2.05, 4.69) is 36.2 Å². The average molecular weight is 633 g/mol. The fourth-order valence-corrected chi connectivity index (χ4v) is 7.46. The van der Waals surface area contributed by atoms with Gasteiger partial charge in [0, 0.05) is 45.7 Å². The summed E-state index contributed by atoms with van der Waals surface area (Å²) < 4.78 is 8.31. The third-order valence-corrected chi connectivity index (χ3v) is 9.27. The highest BCUT2D eigenvalue weighted by molar-refractivity contribution is 5.98. The smallest absolute Gasteiger partial charge is 0.408 e. The van der Waals surface area contributed by atoms with Crippen LogP contribution < -0.4 is 11.1 Å². The van der Waals surface area contributed by atoms with E-state index in [-0.39, 0.29) is 22.9 Å². The molecule has 0 aliphatic heterocycles. The monoisotopic (exact) mass is 632 g/mol. The van der Waals surface area contributed by atoms with E-state index in [1.54, 1.807) is 36.4 Å². The van der Waals surface area contributed by atoms with E-state index in [1.807, 2.05) is 33.0 Å². The van der Waals surface area contributed by atoms with Gasteiger partial charge in [0.2, 0.25) is 0 Å². The van der Waals surface area contributed by atoms with Crippen LogP contribution in [0.4, 0.5) is 0 Å². The molecule has 2 aliphatic rings. The number of nitrogens with one attached hydrogen (secondary N) is 1. The first-order valence-corrected chi connectivity index (χ1v) is 17.0. The lowest BCUT2D eigenvalue weighted by Gasteiger charge is -2.44. The van der Waals surface area contributed by atoms with Crippen molar-refractivity contribution in [2.75, 3.05) is 20.1 Å². The molecule has 3 heterocycles. The predicted octanol–water partition coefficient (Wildman–Crippen LogP) is 6.46. The Bertz CT molecular complexity index is 1610. The highest BCUT2D eigenvalue weighted by atomic mass is 16.4. The van der Waals surface area contributed by atoms with Crippen LogP contribution in [0.25, 0.3) is 11.7 Å². The molecule has 1 fully saturated rings. The molecule has 0 aromatic carbocycles. The normalized spacial score (nSPS) is 21.0. The van der Waals surface area contributed by atoms with Crippen molar-refractivity contribution in [1.29, 1.82) is 0 Å². The molecule has 0 radical (unpaired) electrons. The van der Waals surface area contributed by atoms with Crippen molar-refractivity contribution in [3.8, 4) is 0 Å². The van der Waals surface area contributed by atoms with Crippen LogP contribution in [0.15, 0.2) is 45.3 Å². The van der Waals surface area contributed by atoms with Crippen LogP contribution in [0.5, 0.6) is 0 Å². The molecule has 2 atom stereocenters. The van der Waals surface area contributed by atoms with Gasteiger partial charge in [-0.05, 0) is 49.0 Å². The lowest BCUT2D eigenvalue weighted by atomic mass is 9.64. The maximum Gasteiger partial charge on any atom is 0.419 e. The van der Waals surface area contributed by atoms with E-state index in [1.165, 1.54) is 41.2 Å². The molecule has 46 heavy (non-hydrogen) atoms. The largest absolute Gasteiger partial charge is 0.419 e. The molecule has 10 nitrogen and oxygen atoms in total. The Morgan fingerprint density at radius 2 is 1.83 bits per heavy atom. The third-order valence-electron chi connectivity index (χ3n) is 9.27. The van der Waals surface area contributed by atoms with Crippen molar-refractivity contribution in [3.63, 3.8) is 0 Å². The van der Waals surface area contributed by atoms with E-state index in [9.17, 15) is 14.4 Å². The molecule has 250 valence electrons. The molecule has 2 unspecified atom stereocenters. The van der Waals surface area contributed by atoms with Crippen LogP contribution in [0.1, 0.15) is 118 Å². The van der Waals surface area contributed by atoms with Gasteiger partial charge in [0.1, 0.15) is 11.4 Å². The lowest BCUT2D eigenvalue weighted by molar-refractivity contribution is 0.0482. The number of nitrogens with zero attached hydrogens (tertiary/aromatic N) is 5. The number of hydrogen-bond donors (Lipinski definition) is 1. The molecular weight excluding hydrogens is 580 g/mol. The van der Waals surface area contributed by atoms with Gasteiger partial charge in [-0.2, -0.15) is 5.10 Å². The van der Waals surface area contributed by atoms with E-state index in [0.29, 0.717) is 54.9 Å². The summed E-state index contributed by atoms with van der Waals surface area (Å²) >= 11 is 0. The summed E-state index contributed by atoms with van der Waals surface area (Å²) in [5, 5.41) is 7.32. The topological polar surface area (TPSA) is 115 Å². The van der Waals surface area contributed by atoms with E-state index in [4.69, 9.17) is 4.42 Å². The Hall–Kier alpha value is -3.95. The Labute approximate surface area is 273 Å². The summed E-state index contributed by atoms with van der Waals surface area (Å²) in [7, 11) is 3.54. The molecule has 2 amide bonds. The maximum atomic E-state index is 13.9. The number of allylic oxidation sites excluding steroid dienone is 2. The summed E-state index contributed by atoms with van der Waals surface area (Å²) in [6.45, 7) is 11.8. The van der Waals surface area contributed by atoms with Crippen molar-refractivity contribution >= 4 is 23.5 Å². The number of oxazole rings is 1. The van der Waals surface area contributed by atoms with Crippen molar-refractivity contribution in [2.24, 2.45) is 24.3 Å². The zero-order valence-corrected chi connectivity index (χ0v) is 28.8. The predicted molar refractivity (Wildman–Crippen MR) is 182 cm³/mol. The standard InChI is InChI=1S/C34H46N6O4.C2H6/c1-6-9-24-17-25(10-7-2)20-34(3,19-24)22-38(4)32(42)28-18-26(37-30-15-16-36-40(28)30)31(41)35-21-23-11-8-12-29-27(14-13-23)39(5)33(43)44-29;1-2/h8,12-13,15-16,18,24-25H,6-7,9-11,14,17,19-22H2,1-5H3,(H,35,41);1-2H3. The summed E-state index contributed by atoms with van der Waals surface area (Å²) in [6.07, 6.45) is 16.9. The van der Waals surface area contributed by atoms with Gasteiger partial charge in [-0.3, -0.25) is 14.2 Å². The Balaban J connectivity index is 0.00000235. The highest BCUT2D eigenvalue weighted by Gasteiger charge is 2.38. The Kier molecular flexibility index (Phi) is 11.8. The molecule has 3 aromatic rings. The van der Waals surface area contributed by atoms with Crippen LogP contribution in [0, 0.1) is 17.3 Å². The quantitative estimate of drug-likeness (QED) is 0.257. The number of aromatic nitrogens is 4. The summed E-state index contributed by atoms with van der Waals surface area (Å²) in [5.41, 5.74) is 2.78. The minimum absolute atomic E-state index is 0.0437. The maximum absolute atomic E-state index is 13.9. The molecule has 3 aromatic heterocycles. The molecule has 0 spiro atoms. The SMILES string of the molecule is CC.CCCC1CC(CCC)CC(C)(CN(C)C(=O)c2cc(C(=O)NCC3=CCc4c(oc(=O)n4C)C=CC3)nc3ccnn23)C1. The van der Waals surface area contributed by atoms with Crippen LogP contribution >= 0.6 is 0 Å². The number of carbonyl (C=O) groups excluding carboxylic acids is 2. The van der Waals surface area contributed by atoms with Crippen molar-refractivity contribution in [1.82, 2.24) is 29.4 Å². The molecule has 10 heteroatoms. The van der Waals surface area contributed by atoms with Gasteiger partial charge in [0.25, 0.3) is 11.8 Å². The molecular formula is C36H52N6O4.